The summed E-state index contributed by atoms with van der Waals surface area (Å²) in [4.78, 5) is 10.8. The van der Waals surface area contributed by atoms with Crippen LogP contribution in [-0.4, -0.2) is 48.4 Å². The van der Waals surface area contributed by atoms with Gasteiger partial charge in [-0.1, -0.05) is 0 Å². The second-order valence-corrected chi connectivity index (χ2v) is 4.55. The summed E-state index contributed by atoms with van der Waals surface area (Å²) in [5, 5.41) is 12.5. The number of nitrogens with one attached hydrogen (secondary N) is 1. The van der Waals surface area contributed by atoms with E-state index in [0.717, 1.165) is 24.7 Å². The van der Waals surface area contributed by atoms with E-state index in [9.17, 15) is 5.11 Å². The topological polar surface area (TPSA) is 70.5 Å². The summed E-state index contributed by atoms with van der Waals surface area (Å²) < 4.78 is 5.08. The molecule has 1 rings (SSSR count). The lowest BCUT2D eigenvalue weighted by atomic mass is 10.3. The van der Waals surface area contributed by atoms with Crippen molar-refractivity contribution in [1.82, 2.24) is 9.97 Å². The first-order chi connectivity index (χ1) is 9.06. The molecule has 0 spiro atoms. The molecule has 0 bridgehead atoms. The van der Waals surface area contributed by atoms with E-state index >= 15 is 0 Å². The van der Waals surface area contributed by atoms with Gasteiger partial charge in [0.1, 0.15) is 18.2 Å². The standard InChI is InChI=1S/C13H24N4O2/c1-5-14-11-8-13(16-12(15-11)9-19-4)17(3)7-6-10(2)18/h8,10,18H,5-7,9H2,1-4H3,(H,14,15,16). The van der Waals surface area contributed by atoms with Crippen LogP contribution in [0, 0.1) is 0 Å². The highest BCUT2D eigenvalue weighted by atomic mass is 16.5. The fraction of sp³-hybridized carbons (Fsp3) is 0.692. The lowest BCUT2D eigenvalue weighted by molar-refractivity contribution is 0.178. The van der Waals surface area contributed by atoms with E-state index in [2.05, 4.69) is 15.3 Å². The number of aliphatic hydroxyl groups excluding tert-OH is 1. The van der Waals surface area contributed by atoms with Crippen LogP contribution in [0.15, 0.2) is 6.07 Å². The Morgan fingerprint density at radius 1 is 1.47 bits per heavy atom. The molecule has 0 radical (unpaired) electrons. The van der Waals surface area contributed by atoms with Crippen LogP contribution in [0.1, 0.15) is 26.1 Å². The molecule has 1 atom stereocenters. The van der Waals surface area contributed by atoms with Crippen molar-refractivity contribution < 1.29 is 9.84 Å². The smallest absolute Gasteiger partial charge is 0.158 e. The zero-order valence-electron chi connectivity index (χ0n) is 12.2. The van der Waals surface area contributed by atoms with Gasteiger partial charge in [0, 0.05) is 33.3 Å². The molecule has 108 valence electrons. The maximum Gasteiger partial charge on any atom is 0.158 e. The Balaban J connectivity index is 2.84. The van der Waals surface area contributed by atoms with Crippen molar-refractivity contribution in [3.63, 3.8) is 0 Å². The van der Waals surface area contributed by atoms with Gasteiger partial charge < -0.3 is 20.1 Å². The Bertz CT molecular complexity index is 361. The van der Waals surface area contributed by atoms with E-state index < -0.39 is 0 Å². The fourth-order valence-electron chi connectivity index (χ4n) is 1.64. The minimum Gasteiger partial charge on any atom is -0.393 e. The first-order valence-corrected chi connectivity index (χ1v) is 6.56. The summed E-state index contributed by atoms with van der Waals surface area (Å²) in [7, 11) is 3.58. The molecule has 0 aromatic carbocycles. The average molecular weight is 268 g/mol. The average Bonchev–Trinajstić information content (AvgIpc) is 2.36. The van der Waals surface area contributed by atoms with Crippen LogP contribution in [0.2, 0.25) is 0 Å². The van der Waals surface area contributed by atoms with Crippen molar-refractivity contribution in [3.05, 3.63) is 11.9 Å². The molecule has 1 aromatic heterocycles. The molecular formula is C13H24N4O2. The molecular weight excluding hydrogens is 244 g/mol. The van der Waals surface area contributed by atoms with Crippen molar-refractivity contribution in [2.45, 2.75) is 33.0 Å². The van der Waals surface area contributed by atoms with Crippen LogP contribution in [0.4, 0.5) is 11.6 Å². The summed E-state index contributed by atoms with van der Waals surface area (Å²) in [5.74, 6) is 2.28. The van der Waals surface area contributed by atoms with Crippen LogP contribution < -0.4 is 10.2 Å². The normalized spacial score (nSPS) is 12.3. The van der Waals surface area contributed by atoms with Crippen LogP contribution >= 0.6 is 0 Å². The zero-order chi connectivity index (χ0) is 14.3. The SMILES string of the molecule is CCNc1cc(N(C)CCC(C)O)nc(COC)n1. The minimum absolute atomic E-state index is 0.309. The van der Waals surface area contributed by atoms with Crippen molar-refractivity contribution >= 4 is 11.6 Å². The molecule has 0 saturated carbocycles. The molecule has 2 N–H and O–H groups in total. The number of anilines is 2. The van der Waals surface area contributed by atoms with Gasteiger partial charge in [-0.3, -0.25) is 0 Å². The van der Waals surface area contributed by atoms with Gasteiger partial charge in [0.25, 0.3) is 0 Å². The summed E-state index contributed by atoms with van der Waals surface area (Å²) in [6.45, 7) is 5.74. The van der Waals surface area contributed by atoms with Crippen LogP contribution in [0.5, 0.6) is 0 Å². The molecule has 0 amide bonds. The number of hydrogen-bond donors (Lipinski definition) is 2. The second-order valence-electron chi connectivity index (χ2n) is 4.55. The van der Waals surface area contributed by atoms with Crippen LogP contribution in [-0.2, 0) is 11.3 Å². The van der Waals surface area contributed by atoms with Gasteiger partial charge in [-0.2, -0.15) is 0 Å². The highest BCUT2D eigenvalue weighted by molar-refractivity contribution is 5.48. The molecule has 0 aliphatic carbocycles. The number of aliphatic hydroxyl groups is 1. The molecule has 0 aliphatic rings. The minimum atomic E-state index is -0.309. The zero-order valence-corrected chi connectivity index (χ0v) is 12.2. The lowest BCUT2D eigenvalue weighted by Gasteiger charge is -2.20. The Morgan fingerprint density at radius 2 is 2.21 bits per heavy atom. The molecule has 1 aromatic rings. The van der Waals surface area contributed by atoms with Gasteiger partial charge in [-0.25, -0.2) is 9.97 Å². The van der Waals surface area contributed by atoms with E-state index in [-0.39, 0.29) is 6.10 Å². The molecule has 0 fully saturated rings. The van der Waals surface area contributed by atoms with E-state index in [1.54, 1.807) is 14.0 Å². The van der Waals surface area contributed by atoms with E-state index in [1.807, 2.05) is 24.9 Å². The maximum absolute atomic E-state index is 9.33. The second kappa shape index (κ2) is 7.91. The Kier molecular flexibility index (Phi) is 6.52. The Labute approximate surface area is 114 Å². The third-order valence-electron chi connectivity index (χ3n) is 2.66. The first kappa shape index (κ1) is 15.7. The van der Waals surface area contributed by atoms with E-state index in [4.69, 9.17) is 4.74 Å². The molecule has 19 heavy (non-hydrogen) atoms. The molecule has 6 nitrogen and oxygen atoms in total. The monoisotopic (exact) mass is 268 g/mol. The maximum atomic E-state index is 9.33. The van der Waals surface area contributed by atoms with Gasteiger partial charge in [-0.15, -0.1) is 0 Å². The van der Waals surface area contributed by atoms with Gasteiger partial charge in [-0.05, 0) is 20.3 Å². The molecule has 1 unspecified atom stereocenters. The largest absolute Gasteiger partial charge is 0.393 e. The van der Waals surface area contributed by atoms with Gasteiger partial charge in [0.05, 0.1) is 6.10 Å². The number of ether oxygens (including phenoxy) is 1. The Morgan fingerprint density at radius 3 is 2.79 bits per heavy atom. The Hall–Kier alpha value is -1.40. The van der Waals surface area contributed by atoms with Crippen LogP contribution in [0.25, 0.3) is 0 Å². The highest BCUT2D eigenvalue weighted by Crippen LogP contribution is 2.15. The third kappa shape index (κ3) is 5.40. The predicted molar refractivity (Wildman–Crippen MR) is 76.5 cm³/mol. The lowest BCUT2D eigenvalue weighted by Crippen LogP contribution is -2.23. The van der Waals surface area contributed by atoms with E-state index in [1.165, 1.54) is 0 Å². The summed E-state index contributed by atoms with van der Waals surface area (Å²) in [5.41, 5.74) is 0. The van der Waals surface area contributed by atoms with Crippen molar-refractivity contribution in [2.75, 3.05) is 37.5 Å². The number of aromatic nitrogens is 2. The summed E-state index contributed by atoms with van der Waals surface area (Å²) >= 11 is 0. The molecule has 0 saturated heterocycles. The highest BCUT2D eigenvalue weighted by Gasteiger charge is 2.09. The van der Waals surface area contributed by atoms with Gasteiger partial charge in [0.15, 0.2) is 5.82 Å². The molecule has 0 aliphatic heterocycles. The van der Waals surface area contributed by atoms with Gasteiger partial charge >= 0.3 is 0 Å². The quantitative estimate of drug-likeness (QED) is 0.739. The molecule has 6 heteroatoms. The van der Waals surface area contributed by atoms with Crippen molar-refractivity contribution in [1.29, 1.82) is 0 Å². The van der Waals surface area contributed by atoms with Crippen LogP contribution in [0.3, 0.4) is 0 Å². The number of methoxy groups -OCH3 is 1. The third-order valence-corrected chi connectivity index (χ3v) is 2.66. The molecule has 1 heterocycles. The number of rotatable bonds is 8. The van der Waals surface area contributed by atoms with Gasteiger partial charge in [0.2, 0.25) is 0 Å². The van der Waals surface area contributed by atoms with Crippen molar-refractivity contribution in [2.24, 2.45) is 0 Å². The number of nitrogens with zero attached hydrogens (tertiary/aromatic N) is 3. The fourth-order valence-corrected chi connectivity index (χ4v) is 1.64. The summed E-state index contributed by atoms with van der Waals surface area (Å²) in [6, 6.07) is 1.91. The van der Waals surface area contributed by atoms with Crippen molar-refractivity contribution in [3.8, 4) is 0 Å². The number of hydrogen-bond acceptors (Lipinski definition) is 6. The first-order valence-electron chi connectivity index (χ1n) is 6.56. The predicted octanol–water partition coefficient (Wildman–Crippen LogP) is 1.26. The summed E-state index contributed by atoms with van der Waals surface area (Å²) in [6.07, 6.45) is 0.396. The van der Waals surface area contributed by atoms with E-state index in [0.29, 0.717) is 18.9 Å².